The molecule has 3 aromatic rings. The van der Waals surface area contributed by atoms with Crippen molar-refractivity contribution in [1.82, 2.24) is 4.57 Å². The Morgan fingerprint density at radius 2 is 1.71 bits per heavy atom. The maximum absolute atomic E-state index is 12.6. The lowest BCUT2D eigenvalue weighted by atomic mass is 10.1. The summed E-state index contributed by atoms with van der Waals surface area (Å²) in [6, 6.07) is 11.7. The summed E-state index contributed by atoms with van der Waals surface area (Å²) < 4.78 is 24.9. The first-order valence-electron chi connectivity index (χ1n) is 6.43. The predicted octanol–water partition coefficient (Wildman–Crippen LogP) is 3.10. The molecule has 3 rings (SSSR count). The molecule has 0 aliphatic rings. The summed E-state index contributed by atoms with van der Waals surface area (Å²) in [5, 5.41) is 0.924. The van der Waals surface area contributed by atoms with Crippen molar-refractivity contribution >= 4 is 41.5 Å². The molecule has 0 saturated heterocycles. The molecule has 0 fully saturated rings. The topological polar surface area (TPSA) is 56.1 Å². The van der Waals surface area contributed by atoms with Crippen molar-refractivity contribution < 1.29 is 8.42 Å². The number of fused-ring (bicyclic) bond motifs is 2. The smallest absolute Gasteiger partial charge is 0.261 e. The molecule has 0 radical (unpaired) electrons. The molecular weight excluding hydrogens is 310 g/mol. The van der Waals surface area contributed by atoms with Crippen molar-refractivity contribution in [2.45, 2.75) is 18.4 Å². The van der Waals surface area contributed by atoms with Crippen LogP contribution < -0.4 is 5.43 Å². The van der Waals surface area contributed by atoms with E-state index in [9.17, 15) is 13.2 Å². The zero-order valence-electron chi connectivity index (χ0n) is 11.2. The fraction of sp³-hybridized carbons (Fsp3) is 0.133. The number of hydrogen-bond acceptors (Lipinski definition) is 3. The van der Waals surface area contributed by atoms with E-state index < -0.39 is 9.05 Å². The predicted molar refractivity (Wildman–Crippen MR) is 84.4 cm³/mol. The fourth-order valence-electron chi connectivity index (χ4n) is 2.60. The standard InChI is InChI=1S/C15H12ClNO3S/c1-2-17-13-6-4-3-5-11(13)15(18)12-9-10(21(16,19)20)7-8-14(12)17/h3-9H,2H2,1H3. The van der Waals surface area contributed by atoms with Crippen LogP contribution in [0.4, 0.5) is 0 Å². The largest absolute Gasteiger partial charge is 0.341 e. The van der Waals surface area contributed by atoms with Gasteiger partial charge in [-0.15, -0.1) is 0 Å². The molecule has 0 saturated carbocycles. The van der Waals surface area contributed by atoms with Crippen molar-refractivity contribution in [3.8, 4) is 0 Å². The van der Waals surface area contributed by atoms with Gasteiger partial charge in [-0.1, -0.05) is 12.1 Å². The molecule has 1 aromatic heterocycles. The number of rotatable bonds is 2. The highest BCUT2D eigenvalue weighted by atomic mass is 35.7. The van der Waals surface area contributed by atoms with Crippen LogP contribution in [-0.2, 0) is 15.6 Å². The summed E-state index contributed by atoms with van der Waals surface area (Å²) in [5.74, 6) is 0. The molecule has 0 amide bonds. The minimum atomic E-state index is -3.86. The highest BCUT2D eigenvalue weighted by Crippen LogP contribution is 2.23. The summed E-state index contributed by atoms with van der Waals surface area (Å²) in [7, 11) is 1.51. The van der Waals surface area contributed by atoms with Gasteiger partial charge in [-0.3, -0.25) is 4.79 Å². The third kappa shape index (κ3) is 2.22. The molecule has 0 unspecified atom stereocenters. The number of hydrogen-bond donors (Lipinski definition) is 0. The van der Waals surface area contributed by atoms with Gasteiger partial charge < -0.3 is 4.57 Å². The average Bonchev–Trinajstić information content (AvgIpc) is 2.47. The minimum absolute atomic E-state index is 0.0632. The maximum atomic E-state index is 12.6. The number of pyridine rings is 1. The van der Waals surface area contributed by atoms with Crippen molar-refractivity contribution in [3.63, 3.8) is 0 Å². The van der Waals surface area contributed by atoms with Gasteiger partial charge in [0.25, 0.3) is 9.05 Å². The number of halogens is 1. The molecular formula is C15H12ClNO3S. The van der Waals surface area contributed by atoms with Gasteiger partial charge in [0.05, 0.1) is 15.9 Å². The van der Waals surface area contributed by atoms with Crippen LogP contribution in [0.25, 0.3) is 21.8 Å². The number of para-hydroxylation sites is 1. The molecule has 1 heterocycles. The van der Waals surface area contributed by atoms with Gasteiger partial charge in [0.1, 0.15) is 0 Å². The fourth-order valence-corrected chi connectivity index (χ4v) is 3.38. The van der Waals surface area contributed by atoms with Gasteiger partial charge >= 0.3 is 0 Å². The third-order valence-electron chi connectivity index (χ3n) is 3.54. The van der Waals surface area contributed by atoms with Gasteiger partial charge in [0.2, 0.25) is 0 Å². The molecule has 0 N–H and O–H groups in total. The Hall–Kier alpha value is -1.85. The van der Waals surface area contributed by atoms with E-state index in [1.165, 1.54) is 12.1 Å². The van der Waals surface area contributed by atoms with Crippen molar-refractivity contribution in [3.05, 3.63) is 52.7 Å². The van der Waals surface area contributed by atoms with Crippen LogP contribution >= 0.6 is 10.7 Å². The Morgan fingerprint density at radius 1 is 1.05 bits per heavy atom. The van der Waals surface area contributed by atoms with Crippen molar-refractivity contribution in [1.29, 1.82) is 0 Å². The second-order valence-electron chi connectivity index (χ2n) is 4.71. The second kappa shape index (κ2) is 4.86. The first kappa shape index (κ1) is 14.1. The lowest BCUT2D eigenvalue weighted by molar-refractivity contribution is 0.609. The molecule has 6 heteroatoms. The van der Waals surface area contributed by atoms with E-state index in [0.717, 1.165) is 5.52 Å². The molecule has 4 nitrogen and oxygen atoms in total. The molecule has 2 aromatic carbocycles. The van der Waals surface area contributed by atoms with Crippen molar-refractivity contribution in [2.24, 2.45) is 0 Å². The van der Waals surface area contributed by atoms with E-state index in [1.807, 2.05) is 23.6 Å². The lowest BCUT2D eigenvalue weighted by Crippen LogP contribution is -2.11. The zero-order valence-corrected chi connectivity index (χ0v) is 12.8. The number of aromatic nitrogens is 1. The van der Waals surface area contributed by atoms with Crippen molar-refractivity contribution in [2.75, 3.05) is 0 Å². The van der Waals surface area contributed by atoms with E-state index in [4.69, 9.17) is 10.7 Å². The van der Waals surface area contributed by atoms with E-state index in [1.54, 1.807) is 18.2 Å². The van der Waals surface area contributed by atoms with Crippen LogP contribution in [0.3, 0.4) is 0 Å². The van der Waals surface area contributed by atoms with Crippen LogP contribution in [0.1, 0.15) is 6.92 Å². The van der Waals surface area contributed by atoms with Crippen LogP contribution in [0.2, 0.25) is 0 Å². The molecule has 0 aliphatic heterocycles. The minimum Gasteiger partial charge on any atom is -0.341 e. The first-order valence-corrected chi connectivity index (χ1v) is 8.74. The summed E-state index contributed by atoms with van der Waals surface area (Å²) >= 11 is 0. The number of aryl methyl sites for hydroxylation is 1. The Bertz CT molecular complexity index is 1020. The molecule has 0 atom stereocenters. The summed E-state index contributed by atoms with van der Waals surface area (Å²) in [6.45, 7) is 2.65. The lowest BCUT2D eigenvalue weighted by Gasteiger charge is -2.13. The van der Waals surface area contributed by atoms with Gasteiger partial charge in [0.15, 0.2) is 5.43 Å². The molecule has 0 spiro atoms. The Labute approximate surface area is 126 Å². The van der Waals surface area contributed by atoms with Crippen LogP contribution in [0, 0.1) is 0 Å². The Balaban J connectivity index is 2.57. The maximum Gasteiger partial charge on any atom is 0.261 e. The molecule has 0 aliphatic carbocycles. The van der Waals surface area contributed by atoms with E-state index in [0.29, 0.717) is 22.8 Å². The summed E-state index contributed by atoms with van der Waals surface area (Å²) in [6.07, 6.45) is 0. The van der Waals surface area contributed by atoms with E-state index in [2.05, 4.69) is 0 Å². The monoisotopic (exact) mass is 321 g/mol. The highest BCUT2D eigenvalue weighted by Gasteiger charge is 2.15. The zero-order chi connectivity index (χ0) is 15.2. The molecule has 21 heavy (non-hydrogen) atoms. The average molecular weight is 322 g/mol. The normalized spacial score (nSPS) is 12.1. The van der Waals surface area contributed by atoms with Crippen LogP contribution in [0.5, 0.6) is 0 Å². The summed E-state index contributed by atoms with van der Waals surface area (Å²) in [5.41, 5.74) is 1.34. The third-order valence-corrected chi connectivity index (χ3v) is 4.89. The van der Waals surface area contributed by atoms with E-state index in [-0.39, 0.29) is 10.3 Å². The highest BCUT2D eigenvalue weighted by molar-refractivity contribution is 8.13. The number of benzene rings is 2. The Morgan fingerprint density at radius 3 is 2.38 bits per heavy atom. The van der Waals surface area contributed by atoms with Gasteiger partial charge in [-0.05, 0) is 37.3 Å². The summed E-state index contributed by atoms with van der Waals surface area (Å²) in [4.78, 5) is 12.5. The van der Waals surface area contributed by atoms with Crippen LogP contribution in [-0.4, -0.2) is 13.0 Å². The molecule has 0 bridgehead atoms. The van der Waals surface area contributed by atoms with Crippen LogP contribution in [0.15, 0.2) is 52.2 Å². The first-order chi connectivity index (χ1) is 9.93. The quantitative estimate of drug-likeness (QED) is 0.538. The Kier molecular flexibility index (Phi) is 3.26. The van der Waals surface area contributed by atoms with E-state index >= 15 is 0 Å². The van der Waals surface area contributed by atoms with Gasteiger partial charge in [-0.25, -0.2) is 8.42 Å². The van der Waals surface area contributed by atoms with Gasteiger partial charge in [0, 0.05) is 28.0 Å². The van der Waals surface area contributed by atoms with Gasteiger partial charge in [-0.2, -0.15) is 0 Å². The number of nitrogens with zero attached hydrogens (tertiary/aromatic N) is 1. The molecule has 108 valence electrons. The SMILES string of the molecule is CCn1c2ccccc2c(=O)c2cc(S(=O)(=O)Cl)ccc21. The second-order valence-corrected chi connectivity index (χ2v) is 7.27.